The van der Waals surface area contributed by atoms with Crippen LogP contribution in [0.25, 0.3) is 0 Å². The fraction of sp³-hybridized carbons (Fsp3) is 0.364. The Morgan fingerprint density at radius 2 is 2.06 bits per heavy atom. The first-order valence-corrected chi connectivity index (χ1v) is 5.40. The largest absolute Gasteiger partial charge is 0.492 e. The molecule has 1 N–H and O–H groups in total. The number of rotatable bonds is 5. The Kier molecular flexibility index (Phi) is 4.84. The molecule has 0 spiro atoms. The number of alkyl halides is 3. The maximum atomic E-state index is 12.3. The number of benzene rings is 1. The third kappa shape index (κ3) is 4.44. The summed E-state index contributed by atoms with van der Waals surface area (Å²) in [6.07, 6.45) is -4.27. The molecule has 0 bridgehead atoms. The van der Waals surface area contributed by atoms with Gasteiger partial charge >= 0.3 is 12.1 Å². The number of hydrogen-bond acceptors (Lipinski definition) is 2. The summed E-state index contributed by atoms with van der Waals surface area (Å²) in [4.78, 5) is 10.2. The molecule has 0 aromatic heterocycles. The van der Waals surface area contributed by atoms with Gasteiger partial charge in [-0.15, -0.1) is 0 Å². The Morgan fingerprint density at radius 3 is 2.56 bits per heavy atom. The van der Waals surface area contributed by atoms with Crippen LogP contribution in [0.2, 0.25) is 5.02 Å². The lowest BCUT2D eigenvalue weighted by molar-refractivity contribution is -0.138. The van der Waals surface area contributed by atoms with Crippen LogP contribution in [0.5, 0.6) is 5.75 Å². The molecule has 0 aliphatic heterocycles. The highest BCUT2D eigenvalue weighted by Crippen LogP contribution is 2.34. The van der Waals surface area contributed by atoms with E-state index in [9.17, 15) is 18.0 Å². The lowest BCUT2D eigenvalue weighted by Gasteiger charge is -2.10. The minimum absolute atomic E-state index is 0.0712. The molecule has 3 nitrogen and oxygen atoms in total. The molecule has 0 fully saturated rings. The van der Waals surface area contributed by atoms with E-state index in [1.165, 1.54) is 0 Å². The van der Waals surface area contributed by atoms with E-state index in [4.69, 9.17) is 21.4 Å². The first kappa shape index (κ1) is 14.6. The van der Waals surface area contributed by atoms with Gasteiger partial charge in [-0.3, -0.25) is 4.79 Å². The van der Waals surface area contributed by atoms with Crippen LogP contribution in [0, 0.1) is 0 Å². The van der Waals surface area contributed by atoms with E-state index in [0.29, 0.717) is 0 Å². The summed E-state index contributed by atoms with van der Waals surface area (Å²) >= 11 is 5.64. The molecule has 0 amide bonds. The predicted molar refractivity (Wildman–Crippen MR) is 58.8 cm³/mol. The van der Waals surface area contributed by atoms with Crippen molar-refractivity contribution in [2.45, 2.75) is 19.0 Å². The molecule has 0 saturated heterocycles. The van der Waals surface area contributed by atoms with Gasteiger partial charge in [-0.2, -0.15) is 13.2 Å². The highest BCUT2D eigenvalue weighted by atomic mass is 35.5. The van der Waals surface area contributed by atoms with Crippen molar-refractivity contribution in [1.29, 1.82) is 0 Å². The van der Waals surface area contributed by atoms with Crippen LogP contribution in [0.15, 0.2) is 18.2 Å². The van der Waals surface area contributed by atoms with Gasteiger partial charge in [-0.25, -0.2) is 0 Å². The van der Waals surface area contributed by atoms with Crippen molar-refractivity contribution in [1.82, 2.24) is 0 Å². The van der Waals surface area contributed by atoms with Crippen molar-refractivity contribution in [2.24, 2.45) is 0 Å². The third-order valence-corrected chi connectivity index (χ3v) is 2.35. The van der Waals surface area contributed by atoms with Crippen LogP contribution in [0.3, 0.4) is 0 Å². The summed E-state index contributed by atoms with van der Waals surface area (Å²) in [6, 6.07) is 2.75. The molecular formula is C11H10ClF3O3. The lowest BCUT2D eigenvalue weighted by atomic mass is 10.2. The van der Waals surface area contributed by atoms with E-state index >= 15 is 0 Å². The normalized spacial score (nSPS) is 11.3. The number of hydrogen-bond donors (Lipinski definition) is 1. The van der Waals surface area contributed by atoms with Crippen molar-refractivity contribution in [3.05, 3.63) is 28.8 Å². The smallest absolute Gasteiger partial charge is 0.416 e. The summed E-state index contributed by atoms with van der Waals surface area (Å²) in [5, 5.41) is 8.23. The maximum Gasteiger partial charge on any atom is 0.416 e. The van der Waals surface area contributed by atoms with E-state index in [2.05, 4.69) is 0 Å². The number of carboxylic acid groups (broad SMARTS) is 1. The fourth-order valence-electron chi connectivity index (χ4n) is 1.20. The Morgan fingerprint density at radius 1 is 1.39 bits per heavy atom. The van der Waals surface area contributed by atoms with Crippen molar-refractivity contribution in [2.75, 3.05) is 6.61 Å². The molecule has 0 saturated carbocycles. The van der Waals surface area contributed by atoms with E-state index in [0.717, 1.165) is 18.2 Å². The van der Waals surface area contributed by atoms with Gasteiger partial charge in [-0.05, 0) is 24.6 Å². The summed E-state index contributed by atoms with van der Waals surface area (Å²) in [6.45, 7) is 0.0807. The van der Waals surface area contributed by atoms with Crippen molar-refractivity contribution >= 4 is 17.6 Å². The molecule has 7 heteroatoms. The zero-order chi connectivity index (χ0) is 13.8. The zero-order valence-electron chi connectivity index (χ0n) is 9.13. The maximum absolute atomic E-state index is 12.3. The van der Waals surface area contributed by atoms with Gasteiger partial charge in [0.15, 0.2) is 0 Å². The molecule has 0 heterocycles. The van der Waals surface area contributed by atoms with Crippen molar-refractivity contribution in [3.8, 4) is 5.75 Å². The van der Waals surface area contributed by atoms with Crippen LogP contribution < -0.4 is 4.74 Å². The molecule has 1 aromatic carbocycles. The second-order valence-electron chi connectivity index (χ2n) is 3.49. The molecule has 0 atom stereocenters. The van der Waals surface area contributed by atoms with Crippen molar-refractivity contribution < 1.29 is 27.8 Å². The Labute approximate surface area is 106 Å². The molecule has 18 heavy (non-hydrogen) atoms. The molecule has 0 radical (unpaired) electrons. The monoisotopic (exact) mass is 282 g/mol. The van der Waals surface area contributed by atoms with E-state index in [1.807, 2.05) is 0 Å². The number of ether oxygens (including phenoxy) is 1. The second-order valence-corrected chi connectivity index (χ2v) is 3.90. The van der Waals surface area contributed by atoms with Gasteiger partial charge in [0.25, 0.3) is 0 Å². The average molecular weight is 283 g/mol. The average Bonchev–Trinajstić information content (AvgIpc) is 2.24. The molecule has 1 rings (SSSR count). The fourth-order valence-corrected chi connectivity index (χ4v) is 1.43. The zero-order valence-corrected chi connectivity index (χ0v) is 9.88. The lowest BCUT2D eigenvalue weighted by Crippen LogP contribution is -2.06. The topological polar surface area (TPSA) is 46.5 Å². The van der Waals surface area contributed by atoms with Crippen LogP contribution in [-0.4, -0.2) is 17.7 Å². The predicted octanol–water partition coefficient (Wildman–Crippen LogP) is 3.60. The number of carboxylic acids is 1. The minimum atomic E-state index is -4.45. The van der Waals surface area contributed by atoms with Crippen molar-refractivity contribution in [3.63, 3.8) is 0 Å². The van der Waals surface area contributed by atoms with Crippen LogP contribution in [-0.2, 0) is 11.0 Å². The first-order chi connectivity index (χ1) is 8.30. The van der Waals surface area contributed by atoms with Crippen LogP contribution in [0.1, 0.15) is 18.4 Å². The minimum Gasteiger partial charge on any atom is -0.492 e. The molecule has 1 aromatic rings. The molecular weight excluding hydrogens is 273 g/mol. The molecule has 0 aliphatic rings. The Balaban J connectivity index is 2.60. The Bertz CT molecular complexity index is 432. The van der Waals surface area contributed by atoms with E-state index in [1.54, 1.807) is 0 Å². The van der Waals surface area contributed by atoms with Gasteiger partial charge < -0.3 is 9.84 Å². The standard InChI is InChI=1S/C11H10ClF3O3/c12-8-6-7(11(13,14)15)3-4-9(8)18-5-1-2-10(16)17/h3-4,6H,1-2,5H2,(H,16,17). The van der Waals surface area contributed by atoms with E-state index in [-0.39, 0.29) is 30.2 Å². The van der Waals surface area contributed by atoms with Gasteiger partial charge in [0.1, 0.15) is 5.75 Å². The highest BCUT2D eigenvalue weighted by Gasteiger charge is 2.30. The first-order valence-electron chi connectivity index (χ1n) is 5.02. The Hall–Kier alpha value is -1.43. The molecule has 100 valence electrons. The van der Waals surface area contributed by atoms with Gasteiger partial charge in [0, 0.05) is 6.42 Å². The molecule has 0 aliphatic carbocycles. The van der Waals surface area contributed by atoms with Gasteiger partial charge in [-0.1, -0.05) is 11.6 Å². The van der Waals surface area contributed by atoms with Crippen LogP contribution >= 0.6 is 11.6 Å². The summed E-state index contributed by atoms with van der Waals surface area (Å²) in [7, 11) is 0. The number of aliphatic carboxylic acids is 1. The third-order valence-electron chi connectivity index (χ3n) is 2.05. The quantitative estimate of drug-likeness (QED) is 0.839. The number of carbonyl (C=O) groups is 1. The molecule has 0 unspecified atom stereocenters. The highest BCUT2D eigenvalue weighted by molar-refractivity contribution is 6.32. The summed E-state index contributed by atoms with van der Waals surface area (Å²) < 4.78 is 42.1. The SMILES string of the molecule is O=C(O)CCCOc1ccc(C(F)(F)F)cc1Cl. The van der Waals surface area contributed by atoms with Gasteiger partial charge in [0.05, 0.1) is 17.2 Å². The summed E-state index contributed by atoms with van der Waals surface area (Å²) in [5.74, 6) is -0.854. The van der Waals surface area contributed by atoms with Crippen LogP contribution in [0.4, 0.5) is 13.2 Å². The summed E-state index contributed by atoms with van der Waals surface area (Å²) in [5.41, 5.74) is -0.856. The number of halogens is 4. The second kappa shape index (κ2) is 5.95. The van der Waals surface area contributed by atoms with Gasteiger partial charge in [0.2, 0.25) is 0 Å². The van der Waals surface area contributed by atoms with E-state index < -0.39 is 17.7 Å².